The van der Waals surface area contributed by atoms with Crippen LogP contribution in [0.2, 0.25) is 0 Å². The van der Waals surface area contributed by atoms with Gasteiger partial charge in [0.15, 0.2) is 0 Å². The standard InChI is InChI=1S/C23H26N4O2/c1-26(16-19-5-2-3-7-22(19)27-11-13-29-14-12-27)17-23(28)25-20-8-9-21-18(15-20)6-4-10-24-21/h2-10,15H,11-14,16-17H2,1H3,(H,25,28). The molecule has 1 aliphatic heterocycles. The first kappa shape index (κ1) is 19.4. The van der Waals surface area contributed by atoms with Crippen molar-refractivity contribution < 1.29 is 9.53 Å². The molecule has 0 spiro atoms. The number of hydrogen-bond donors (Lipinski definition) is 1. The average Bonchev–Trinajstić information content (AvgIpc) is 2.74. The quantitative estimate of drug-likeness (QED) is 0.701. The lowest BCUT2D eigenvalue weighted by molar-refractivity contribution is -0.117. The van der Waals surface area contributed by atoms with Gasteiger partial charge in [0, 0.05) is 42.6 Å². The zero-order valence-corrected chi connectivity index (χ0v) is 16.7. The van der Waals surface area contributed by atoms with E-state index in [0.29, 0.717) is 13.1 Å². The van der Waals surface area contributed by atoms with Crippen molar-refractivity contribution in [2.24, 2.45) is 0 Å². The number of morpholine rings is 1. The molecule has 1 fully saturated rings. The van der Waals surface area contributed by atoms with Crippen molar-refractivity contribution >= 4 is 28.2 Å². The van der Waals surface area contributed by atoms with Crippen LogP contribution in [-0.4, -0.2) is 55.7 Å². The molecule has 1 amide bonds. The fourth-order valence-electron chi connectivity index (χ4n) is 3.70. The molecule has 0 radical (unpaired) electrons. The number of hydrogen-bond acceptors (Lipinski definition) is 5. The number of aromatic nitrogens is 1. The van der Waals surface area contributed by atoms with Crippen LogP contribution in [0.1, 0.15) is 5.56 Å². The van der Waals surface area contributed by atoms with Gasteiger partial charge in [-0.3, -0.25) is 14.7 Å². The fourth-order valence-corrected chi connectivity index (χ4v) is 3.70. The Morgan fingerprint density at radius 1 is 1.14 bits per heavy atom. The molecule has 0 unspecified atom stereocenters. The number of para-hydroxylation sites is 1. The molecule has 1 aliphatic rings. The number of benzene rings is 2. The van der Waals surface area contributed by atoms with Gasteiger partial charge in [-0.05, 0) is 42.9 Å². The lowest BCUT2D eigenvalue weighted by Gasteiger charge is -2.31. The molecule has 3 aromatic rings. The number of nitrogens with zero attached hydrogens (tertiary/aromatic N) is 3. The lowest BCUT2D eigenvalue weighted by Crippen LogP contribution is -2.37. The summed E-state index contributed by atoms with van der Waals surface area (Å²) in [5.74, 6) is -0.0282. The zero-order valence-electron chi connectivity index (χ0n) is 16.7. The maximum absolute atomic E-state index is 12.5. The third kappa shape index (κ3) is 4.91. The van der Waals surface area contributed by atoms with Gasteiger partial charge in [-0.2, -0.15) is 0 Å². The summed E-state index contributed by atoms with van der Waals surface area (Å²) >= 11 is 0. The number of carbonyl (C=O) groups excluding carboxylic acids is 1. The van der Waals surface area contributed by atoms with Crippen molar-refractivity contribution in [3.8, 4) is 0 Å². The first-order valence-electron chi connectivity index (χ1n) is 9.93. The largest absolute Gasteiger partial charge is 0.378 e. The summed E-state index contributed by atoms with van der Waals surface area (Å²) in [6.45, 7) is 4.35. The van der Waals surface area contributed by atoms with E-state index in [1.54, 1.807) is 6.20 Å². The highest BCUT2D eigenvalue weighted by molar-refractivity contribution is 5.94. The Hall–Kier alpha value is -2.96. The molecule has 0 saturated carbocycles. The SMILES string of the molecule is CN(CC(=O)Nc1ccc2ncccc2c1)Cc1ccccc1N1CCOCC1. The number of fused-ring (bicyclic) bond motifs is 1. The molecule has 2 aromatic carbocycles. The van der Waals surface area contributed by atoms with E-state index in [1.165, 1.54) is 11.3 Å². The van der Waals surface area contributed by atoms with Crippen LogP contribution in [0.4, 0.5) is 11.4 Å². The Bertz CT molecular complexity index is 985. The van der Waals surface area contributed by atoms with E-state index in [0.717, 1.165) is 42.9 Å². The number of carbonyl (C=O) groups is 1. The Morgan fingerprint density at radius 3 is 2.83 bits per heavy atom. The number of anilines is 2. The van der Waals surface area contributed by atoms with Crippen molar-refractivity contribution in [3.05, 3.63) is 66.4 Å². The summed E-state index contributed by atoms with van der Waals surface area (Å²) in [6, 6.07) is 18.1. The van der Waals surface area contributed by atoms with E-state index in [4.69, 9.17) is 4.74 Å². The van der Waals surface area contributed by atoms with Crippen molar-refractivity contribution in [1.29, 1.82) is 0 Å². The topological polar surface area (TPSA) is 57.7 Å². The first-order valence-corrected chi connectivity index (χ1v) is 9.93. The molecule has 1 N–H and O–H groups in total. The Labute approximate surface area is 171 Å². The van der Waals surface area contributed by atoms with Gasteiger partial charge >= 0.3 is 0 Å². The van der Waals surface area contributed by atoms with E-state index in [2.05, 4.69) is 39.5 Å². The monoisotopic (exact) mass is 390 g/mol. The summed E-state index contributed by atoms with van der Waals surface area (Å²) < 4.78 is 5.47. The summed E-state index contributed by atoms with van der Waals surface area (Å²) in [5.41, 5.74) is 4.16. The van der Waals surface area contributed by atoms with E-state index in [-0.39, 0.29) is 5.91 Å². The number of pyridine rings is 1. The number of nitrogens with one attached hydrogen (secondary N) is 1. The van der Waals surface area contributed by atoms with Gasteiger partial charge in [-0.1, -0.05) is 24.3 Å². The molecule has 0 aliphatic carbocycles. The molecule has 1 saturated heterocycles. The molecular formula is C23H26N4O2. The molecule has 2 heterocycles. The normalized spacial score (nSPS) is 14.3. The van der Waals surface area contributed by atoms with Crippen LogP contribution in [0.3, 0.4) is 0 Å². The van der Waals surface area contributed by atoms with Gasteiger partial charge in [0.25, 0.3) is 0 Å². The van der Waals surface area contributed by atoms with Crippen molar-refractivity contribution in [1.82, 2.24) is 9.88 Å². The molecule has 29 heavy (non-hydrogen) atoms. The smallest absolute Gasteiger partial charge is 0.238 e. The third-order valence-corrected chi connectivity index (χ3v) is 5.08. The van der Waals surface area contributed by atoms with Gasteiger partial charge in [-0.15, -0.1) is 0 Å². The fraction of sp³-hybridized carbons (Fsp3) is 0.304. The van der Waals surface area contributed by atoms with Gasteiger partial charge in [0.05, 0.1) is 25.3 Å². The summed E-state index contributed by atoms with van der Waals surface area (Å²) in [4.78, 5) is 21.2. The van der Waals surface area contributed by atoms with Crippen molar-refractivity contribution in [3.63, 3.8) is 0 Å². The summed E-state index contributed by atoms with van der Waals surface area (Å²) in [7, 11) is 1.97. The van der Waals surface area contributed by atoms with Crippen molar-refractivity contribution in [2.75, 3.05) is 50.1 Å². The lowest BCUT2D eigenvalue weighted by atomic mass is 10.1. The third-order valence-electron chi connectivity index (χ3n) is 5.08. The molecule has 6 nitrogen and oxygen atoms in total. The molecular weight excluding hydrogens is 364 g/mol. The van der Waals surface area contributed by atoms with Crippen LogP contribution < -0.4 is 10.2 Å². The Kier molecular flexibility index (Phi) is 6.03. The summed E-state index contributed by atoms with van der Waals surface area (Å²) in [6.07, 6.45) is 1.77. The van der Waals surface area contributed by atoms with Crippen LogP contribution in [0, 0.1) is 0 Å². The van der Waals surface area contributed by atoms with Gasteiger partial charge in [0.1, 0.15) is 0 Å². The zero-order chi connectivity index (χ0) is 20.1. The second-order valence-corrected chi connectivity index (χ2v) is 7.36. The van der Waals surface area contributed by atoms with Gasteiger partial charge in [-0.25, -0.2) is 0 Å². The number of rotatable bonds is 6. The van der Waals surface area contributed by atoms with Gasteiger partial charge in [0.2, 0.25) is 5.91 Å². The second-order valence-electron chi connectivity index (χ2n) is 7.36. The molecule has 0 bridgehead atoms. The maximum atomic E-state index is 12.5. The first-order chi connectivity index (χ1) is 14.2. The minimum Gasteiger partial charge on any atom is -0.378 e. The van der Waals surface area contributed by atoms with Crippen LogP contribution >= 0.6 is 0 Å². The van der Waals surface area contributed by atoms with Gasteiger partial charge < -0.3 is 15.0 Å². The molecule has 150 valence electrons. The second kappa shape index (κ2) is 9.03. The Morgan fingerprint density at radius 2 is 1.97 bits per heavy atom. The van der Waals surface area contributed by atoms with Crippen LogP contribution in [0.25, 0.3) is 10.9 Å². The molecule has 4 rings (SSSR count). The minimum atomic E-state index is -0.0282. The molecule has 1 aromatic heterocycles. The minimum absolute atomic E-state index is 0.0282. The number of amides is 1. The Balaban J connectivity index is 1.38. The number of likely N-dealkylation sites (N-methyl/N-ethyl adjacent to an activating group) is 1. The van der Waals surface area contributed by atoms with Crippen LogP contribution in [0.15, 0.2) is 60.8 Å². The van der Waals surface area contributed by atoms with Crippen LogP contribution in [-0.2, 0) is 16.1 Å². The summed E-state index contributed by atoms with van der Waals surface area (Å²) in [5, 5.41) is 4.01. The average molecular weight is 390 g/mol. The van der Waals surface area contributed by atoms with E-state index in [9.17, 15) is 4.79 Å². The van der Waals surface area contributed by atoms with E-state index in [1.807, 2.05) is 42.3 Å². The van der Waals surface area contributed by atoms with Crippen LogP contribution in [0.5, 0.6) is 0 Å². The predicted octanol–water partition coefficient (Wildman–Crippen LogP) is 3.14. The van der Waals surface area contributed by atoms with E-state index >= 15 is 0 Å². The van der Waals surface area contributed by atoms with E-state index < -0.39 is 0 Å². The predicted molar refractivity (Wildman–Crippen MR) is 116 cm³/mol. The maximum Gasteiger partial charge on any atom is 0.238 e. The number of ether oxygens (including phenoxy) is 1. The highest BCUT2D eigenvalue weighted by Crippen LogP contribution is 2.23. The molecule has 6 heteroatoms. The van der Waals surface area contributed by atoms with Crippen molar-refractivity contribution in [2.45, 2.75) is 6.54 Å². The highest BCUT2D eigenvalue weighted by atomic mass is 16.5. The molecule has 0 atom stereocenters. The highest BCUT2D eigenvalue weighted by Gasteiger charge is 2.16.